The molecule has 1 saturated carbocycles. The van der Waals surface area contributed by atoms with E-state index in [0.29, 0.717) is 5.92 Å². The van der Waals surface area contributed by atoms with Crippen molar-refractivity contribution in [2.75, 3.05) is 6.61 Å². The van der Waals surface area contributed by atoms with Crippen molar-refractivity contribution in [3.05, 3.63) is 29.3 Å². The molecular weight excluding hydrogens is 252 g/mol. The molecule has 20 heavy (non-hydrogen) atoms. The number of hydrogen-bond donors (Lipinski definition) is 1. The van der Waals surface area contributed by atoms with Crippen LogP contribution in [0.1, 0.15) is 55.6 Å². The van der Waals surface area contributed by atoms with E-state index in [1.807, 2.05) is 12.1 Å². The number of carbonyl (C=O) groups is 1. The predicted molar refractivity (Wildman–Crippen MR) is 77.2 cm³/mol. The highest BCUT2D eigenvalue weighted by Crippen LogP contribution is 2.38. The number of aliphatic carboxylic acids is 1. The van der Waals surface area contributed by atoms with Crippen LogP contribution in [0.2, 0.25) is 0 Å². The predicted octanol–water partition coefficient (Wildman–Crippen LogP) is 3.76. The second-order valence-corrected chi connectivity index (χ2v) is 6.03. The minimum absolute atomic E-state index is 0.295. The smallest absolute Gasteiger partial charge is 0.311 e. The Bertz CT molecular complexity index is 489. The normalized spacial score (nSPS) is 20.8. The minimum atomic E-state index is -0.673. The summed E-state index contributed by atoms with van der Waals surface area (Å²) in [5.41, 5.74) is 2.14. The van der Waals surface area contributed by atoms with Gasteiger partial charge < -0.3 is 9.84 Å². The van der Waals surface area contributed by atoms with E-state index in [0.717, 1.165) is 43.6 Å². The van der Waals surface area contributed by atoms with Gasteiger partial charge in [-0.2, -0.15) is 0 Å². The molecule has 0 saturated heterocycles. The van der Waals surface area contributed by atoms with Gasteiger partial charge in [-0.3, -0.25) is 4.79 Å². The Morgan fingerprint density at radius 2 is 2.00 bits per heavy atom. The molecule has 108 valence electrons. The zero-order chi connectivity index (χ0) is 13.9. The maximum absolute atomic E-state index is 11.7. The van der Waals surface area contributed by atoms with Gasteiger partial charge in [0, 0.05) is 0 Å². The molecule has 1 unspecified atom stereocenters. The molecule has 3 heteroatoms. The fourth-order valence-electron chi connectivity index (χ4n) is 3.66. The molecular formula is C17H22O3. The lowest BCUT2D eigenvalue weighted by molar-refractivity contribution is -0.140. The van der Waals surface area contributed by atoms with Crippen molar-refractivity contribution in [2.45, 2.75) is 50.9 Å². The topological polar surface area (TPSA) is 46.5 Å². The molecule has 0 bridgehead atoms. The van der Waals surface area contributed by atoms with Crippen LogP contribution in [-0.2, 0) is 11.2 Å². The Morgan fingerprint density at radius 1 is 1.20 bits per heavy atom. The van der Waals surface area contributed by atoms with Crippen molar-refractivity contribution < 1.29 is 14.6 Å². The zero-order valence-electron chi connectivity index (χ0n) is 11.8. The number of benzene rings is 1. The molecule has 1 aromatic carbocycles. The van der Waals surface area contributed by atoms with E-state index >= 15 is 0 Å². The van der Waals surface area contributed by atoms with Crippen LogP contribution in [0.15, 0.2) is 18.2 Å². The Kier molecular flexibility index (Phi) is 3.95. The second kappa shape index (κ2) is 5.86. The lowest BCUT2D eigenvalue weighted by Crippen LogP contribution is -2.24. The largest absolute Gasteiger partial charge is 0.493 e. The summed E-state index contributed by atoms with van der Waals surface area (Å²) < 4.78 is 5.62. The van der Waals surface area contributed by atoms with E-state index < -0.39 is 5.97 Å². The monoisotopic (exact) mass is 274 g/mol. The summed E-state index contributed by atoms with van der Waals surface area (Å²) in [6.45, 7) is 0.775. The van der Waals surface area contributed by atoms with Crippen molar-refractivity contribution in [2.24, 2.45) is 5.92 Å². The standard InChI is InChI=1S/C17H22O3/c18-17(19)16(12-5-2-1-3-6-12)14-8-9-15-13(11-14)7-4-10-20-15/h8-9,11-12,16H,1-7,10H2,(H,18,19). The number of aryl methyl sites for hydroxylation is 1. The van der Waals surface area contributed by atoms with Crippen LogP contribution in [-0.4, -0.2) is 17.7 Å². The average Bonchev–Trinajstić information content (AvgIpc) is 2.48. The van der Waals surface area contributed by atoms with E-state index in [1.165, 1.54) is 24.8 Å². The van der Waals surface area contributed by atoms with Crippen molar-refractivity contribution in [1.82, 2.24) is 0 Å². The molecule has 1 aromatic rings. The van der Waals surface area contributed by atoms with E-state index in [-0.39, 0.29) is 5.92 Å². The van der Waals surface area contributed by atoms with E-state index in [4.69, 9.17) is 4.74 Å². The molecule has 3 rings (SSSR count). The lowest BCUT2D eigenvalue weighted by atomic mass is 9.76. The van der Waals surface area contributed by atoms with Gasteiger partial charge in [-0.05, 0) is 48.8 Å². The summed E-state index contributed by atoms with van der Waals surface area (Å²) >= 11 is 0. The highest BCUT2D eigenvalue weighted by Gasteiger charge is 2.31. The third-order valence-corrected chi connectivity index (χ3v) is 4.68. The SMILES string of the molecule is O=C(O)C(c1ccc2c(c1)CCCO2)C1CCCCC1. The van der Waals surface area contributed by atoms with Crippen LogP contribution in [0.3, 0.4) is 0 Å². The Morgan fingerprint density at radius 3 is 2.75 bits per heavy atom. The van der Waals surface area contributed by atoms with Crippen LogP contribution in [0.5, 0.6) is 5.75 Å². The van der Waals surface area contributed by atoms with Crippen molar-refractivity contribution in [3.63, 3.8) is 0 Å². The first-order valence-corrected chi connectivity index (χ1v) is 7.74. The number of carboxylic acid groups (broad SMARTS) is 1. The first-order chi connectivity index (χ1) is 9.75. The van der Waals surface area contributed by atoms with Crippen LogP contribution in [0.4, 0.5) is 0 Å². The maximum atomic E-state index is 11.7. The van der Waals surface area contributed by atoms with Gasteiger partial charge in [-0.15, -0.1) is 0 Å². The summed E-state index contributed by atoms with van der Waals surface area (Å²) in [5, 5.41) is 9.65. The molecule has 1 N–H and O–H groups in total. The summed E-state index contributed by atoms with van der Waals surface area (Å²) in [7, 11) is 0. The van der Waals surface area contributed by atoms with Gasteiger partial charge in [0.2, 0.25) is 0 Å². The molecule has 3 nitrogen and oxygen atoms in total. The van der Waals surface area contributed by atoms with Crippen LogP contribution in [0.25, 0.3) is 0 Å². The van der Waals surface area contributed by atoms with Crippen LogP contribution in [0, 0.1) is 5.92 Å². The zero-order valence-corrected chi connectivity index (χ0v) is 11.8. The summed E-state index contributed by atoms with van der Waals surface area (Å²) in [6.07, 6.45) is 7.71. The molecule has 0 aromatic heterocycles. The van der Waals surface area contributed by atoms with Gasteiger partial charge >= 0.3 is 5.97 Å². The molecule has 0 amide bonds. The third-order valence-electron chi connectivity index (χ3n) is 4.68. The summed E-state index contributed by atoms with van der Waals surface area (Å²) in [6, 6.07) is 5.99. The number of ether oxygens (including phenoxy) is 1. The first-order valence-electron chi connectivity index (χ1n) is 7.74. The minimum Gasteiger partial charge on any atom is -0.493 e. The van der Waals surface area contributed by atoms with Gasteiger partial charge in [0.25, 0.3) is 0 Å². The fourth-order valence-corrected chi connectivity index (χ4v) is 3.66. The fraction of sp³-hybridized carbons (Fsp3) is 0.588. The number of carboxylic acids is 1. The number of rotatable bonds is 3. The molecule has 1 aliphatic heterocycles. The molecule has 0 spiro atoms. The number of fused-ring (bicyclic) bond motifs is 1. The van der Waals surface area contributed by atoms with Crippen LogP contribution < -0.4 is 4.74 Å². The summed E-state index contributed by atoms with van der Waals surface area (Å²) in [5.74, 6) is 0.215. The summed E-state index contributed by atoms with van der Waals surface area (Å²) in [4.78, 5) is 11.7. The van der Waals surface area contributed by atoms with E-state index in [9.17, 15) is 9.90 Å². The average molecular weight is 274 g/mol. The highest BCUT2D eigenvalue weighted by molar-refractivity contribution is 5.76. The van der Waals surface area contributed by atoms with Gasteiger partial charge in [0.05, 0.1) is 12.5 Å². The van der Waals surface area contributed by atoms with Gasteiger partial charge in [0.1, 0.15) is 5.75 Å². The lowest BCUT2D eigenvalue weighted by Gasteiger charge is -2.28. The second-order valence-electron chi connectivity index (χ2n) is 6.03. The van der Waals surface area contributed by atoms with Crippen molar-refractivity contribution in [3.8, 4) is 5.75 Å². The quantitative estimate of drug-likeness (QED) is 0.912. The van der Waals surface area contributed by atoms with Gasteiger partial charge in [0.15, 0.2) is 0 Å². The Labute approximate surface area is 120 Å². The maximum Gasteiger partial charge on any atom is 0.311 e. The van der Waals surface area contributed by atoms with Gasteiger partial charge in [-0.1, -0.05) is 31.4 Å². The Hall–Kier alpha value is -1.51. The highest BCUT2D eigenvalue weighted by atomic mass is 16.5. The van der Waals surface area contributed by atoms with Crippen LogP contribution >= 0.6 is 0 Å². The molecule has 1 aliphatic carbocycles. The molecule has 1 heterocycles. The molecule has 2 aliphatic rings. The molecule has 1 fully saturated rings. The Balaban J connectivity index is 1.88. The molecule has 0 radical (unpaired) electrons. The van der Waals surface area contributed by atoms with Gasteiger partial charge in [-0.25, -0.2) is 0 Å². The van der Waals surface area contributed by atoms with Crippen molar-refractivity contribution in [1.29, 1.82) is 0 Å². The first kappa shape index (κ1) is 13.5. The van der Waals surface area contributed by atoms with E-state index in [1.54, 1.807) is 0 Å². The third kappa shape index (κ3) is 2.67. The molecule has 1 atom stereocenters. The van der Waals surface area contributed by atoms with E-state index in [2.05, 4.69) is 6.07 Å². The van der Waals surface area contributed by atoms with Crippen molar-refractivity contribution >= 4 is 5.97 Å². The number of hydrogen-bond acceptors (Lipinski definition) is 2.